The Morgan fingerprint density at radius 3 is 2.70 bits per heavy atom. The lowest BCUT2D eigenvalue weighted by Gasteiger charge is -2.04. The van der Waals surface area contributed by atoms with E-state index >= 15 is 0 Å². The van der Waals surface area contributed by atoms with Crippen molar-refractivity contribution in [2.75, 3.05) is 13.2 Å². The van der Waals surface area contributed by atoms with Crippen LogP contribution in [0.15, 0.2) is 0 Å². The summed E-state index contributed by atoms with van der Waals surface area (Å²) >= 11 is 0. The Kier molecular flexibility index (Phi) is 4.88. The Bertz CT molecular complexity index is 99.9. The number of ether oxygens (including phenoxy) is 1. The molecule has 60 valence electrons. The van der Waals surface area contributed by atoms with Gasteiger partial charge in [0.2, 0.25) is 0 Å². The lowest BCUT2D eigenvalue weighted by atomic mass is 10.4. The Balaban J connectivity index is 3.22. The van der Waals surface area contributed by atoms with Gasteiger partial charge >= 0.3 is 5.97 Å². The van der Waals surface area contributed by atoms with E-state index in [1.807, 2.05) is 0 Å². The number of hydrogen-bond donors (Lipinski definition) is 2. The van der Waals surface area contributed by atoms with Gasteiger partial charge in [0.1, 0.15) is 6.10 Å². The summed E-state index contributed by atoms with van der Waals surface area (Å²) in [7, 11) is 0. The molecule has 0 saturated carbocycles. The first-order valence-electron chi connectivity index (χ1n) is 3.14. The average molecular weight is 148 g/mol. The molecule has 1 atom stereocenters. The van der Waals surface area contributed by atoms with Gasteiger partial charge in [0, 0.05) is 13.0 Å². The van der Waals surface area contributed by atoms with Gasteiger partial charge in [0.15, 0.2) is 0 Å². The fraction of sp³-hybridized carbons (Fsp3) is 0.833. The fourth-order valence-electron chi connectivity index (χ4n) is 0.358. The van der Waals surface area contributed by atoms with E-state index in [9.17, 15) is 4.79 Å². The fourth-order valence-corrected chi connectivity index (χ4v) is 0.358. The molecule has 0 aromatic heterocycles. The maximum Gasteiger partial charge on any atom is 0.334 e. The van der Waals surface area contributed by atoms with Crippen molar-refractivity contribution in [2.24, 2.45) is 0 Å². The van der Waals surface area contributed by atoms with Gasteiger partial charge in [-0.05, 0) is 6.92 Å². The minimum atomic E-state index is -1.07. The number of aliphatic hydroxyl groups excluding tert-OH is 2. The molecule has 0 fully saturated rings. The Labute approximate surface area is 59.4 Å². The van der Waals surface area contributed by atoms with Gasteiger partial charge < -0.3 is 14.9 Å². The molecule has 0 saturated heterocycles. The van der Waals surface area contributed by atoms with Crippen LogP contribution in [0.1, 0.15) is 13.3 Å². The third kappa shape index (κ3) is 4.29. The van der Waals surface area contributed by atoms with Crippen LogP contribution in [-0.4, -0.2) is 35.5 Å². The summed E-state index contributed by atoms with van der Waals surface area (Å²) < 4.78 is 4.49. The topological polar surface area (TPSA) is 66.8 Å². The smallest absolute Gasteiger partial charge is 0.334 e. The molecule has 0 heterocycles. The standard InChI is InChI=1S/C6H12O4/c1-5(8)6(9)10-4-2-3-7/h5,7-8H,2-4H2,1H3. The lowest BCUT2D eigenvalue weighted by Crippen LogP contribution is -2.19. The zero-order valence-corrected chi connectivity index (χ0v) is 5.91. The van der Waals surface area contributed by atoms with Gasteiger partial charge in [-0.2, -0.15) is 0 Å². The maximum absolute atomic E-state index is 10.5. The molecule has 0 bridgehead atoms. The summed E-state index contributed by atoms with van der Waals surface area (Å²) in [6.45, 7) is 1.49. The molecule has 4 nitrogen and oxygen atoms in total. The summed E-state index contributed by atoms with van der Waals surface area (Å²) in [6.07, 6.45) is -0.656. The maximum atomic E-state index is 10.5. The van der Waals surface area contributed by atoms with E-state index in [4.69, 9.17) is 10.2 Å². The predicted molar refractivity (Wildman–Crippen MR) is 34.3 cm³/mol. The molecule has 0 rings (SSSR count). The normalized spacial score (nSPS) is 12.7. The third-order valence-electron chi connectivity index (χ3n) is 0.888. The monoisotopic (exact) mass is 148 g/mol. The van der Waals surface area contributed by atoms with Gasteiger partial charge in [-0.3, -0.25) is 0 Å². The molecule has 2 N–H and O–H groups in total. The first-order chi connectivity index (χ1) is 4.68. The van der Waals surface area contributed by atoms with Gasteiger partial charge in [-0.1, -0.05) is 0 Å². The summed E-state index contributed by atoms with van der Waals surface area (Å²) in [5.74, 6) is -0.645. The van der Waals surface area contributed by atoms with E-state index < -0.39 is 12.1 Å². The molecular weight excluding hydrogens is 136 g/mol. The molecule has 0 aromatic carbocycles. The van der Waals surface area contributed by atoms with Crippen LogP contribution in [0.5, 0.6) is 0 Å². The number of hydrogen-bond acceptors (Lipinski definition) is 4. The Hall–Kier alpha value is -0.610. The number of esters is 1. The second-order valence-electron chi connectivity index (χ2n) is 1.92. The highest BCUT2D eigenvalue weighted by Gasteiger charge is 2.08. The molecule has 0 aliphatic rings. The highest BCUT2D eigenvalue weighted by atomic mass is 16.5. The molecule has 4 heteroatoms. The SMILES string of the molecule is CC(O)C(=O)OCCCO. The van der Waals surface area contributed by atoms with Crippen molar-refractivity contribution < 1.29 is 19.7 Å². The number of carbonyl (C=O) groups excluding carboxylic acids is 1. The van der Waals surface area contributed by atoms with Crippen molar-refractivity contribution in [1.29, 1.82) is 0 Å². The second kappa shape index (κ2) is 5.20. The molecule has 0 aliphatic heterocycles. The zero-order valence-electron chi connectivity index (χ0n) is 5.91. The molecule has 0 radical (unpaired) electrons. The van der Waals surface area contributed by atoms with Crippen LogP contribution in [0.4, 0.5) is 0 Å². The average Bonchev–Trinajstić information content (AvgIpc) is 1.88. The van der Waals surface area contributed by atoms with E-state index in [1.165, 1.54) is 6.92 Å². The highest BCUT2D eigenvalue weighted by molar-refractivity contribution is 5.73. The van der Waals surface area contributed by atoms with E-state index in [2.05, 4.69) is 4.74 Å². The number of carbonyl (C=O) groups is 1. The van der Waals surface area contributed by atoms with Crippen LogP contribution >= 0.6 is 0 Å². The van der Waals surface area contributed by atoms with Gasteiger partial charge in [-0.25, -0.2) is 4.79 Å². The second-order valence-corrected chi connectivity index (χ2v) is 1.92. The molecule has 0 aromatic rings. The van der Waals surface area contributed by atoms with Crippen molar-refractivity contribution in [3.63, 3.8) is 0 Å². The first kappa shape index (κ1) is 9.39. The van der Waals surface area contributed by atoms with Crippen molar-refractivity contribution in [3.05, 3.63) is 0 Å². The van der Waals surface area contributed by atoms with Crippen molar-refractivity contribution in [1.82, 2.24) is 0 Å². The van der Waals surface area contributed by atoms with Gasteiger partial charge in [-0.15, -0.1) is 0 Å². The van der Waals surface area contributed by atoms with Gasteiger partial charge in [0.25, 0.3) is 0 Å². The summed E-state index contributed by atoms with van der Waals surface area (Å²) in [4.78, 5) is 10.5. The van der Waals surface area contributed by atoms with Gasteiger partial charge in [0.05, 0.1) is 6.61 Å². The van der Waals surface area contributed by atoms with Crippen molar-refractivity contribution in [2.45, 2.75) is 19.4 Å². The summed E-state index contributed by atoms with van der Waals surface area (Å²) in [5.41, 5.74) is 0. The minimum Gasteiger partial charge on any atom is -0.464 e. The summed E-state index contributed by atoms with van der Waals surface area (Å²) in [6, 6.07) is 0. The largest absolute Gasteiger partial charge is 0.464 e. The van der Waals surface area contributed by atoms with E-state index in [0.717, 1.165) is 0 Å². The lowest BCUT2D eigenvalue weighted by molar-refractivity contribution is -0.152. The molecular formula is C6H12O4. The molecule has 1 unspecified atom stereocenters. The van der Waals surface area contributed by atoms with Crippen LogP contribution in [0.2, 0.25) is 0 Å². The number of aliphatic hydroxyl groups is 2. The Morgan fingerprint density at radius 2 is 2.30 bits per heavy atom. The van der Waals surface area contributed by atoms with Crippen molar-refractivity contribution >= 4 is 5.97 Å². The van der Waals surface area contributed by atoms with E-state index in [1.54, 1.807) is 0 Å². The first-order valence-corrected chi connectivity index (χ1v) is 3.14. The predicted octanol–water partition coefficient (Wildman–Crippen LogP) is -0.707. The third-order valence-corrected chi connectivity index (χ3v) is 0.888. The highest BCUT2D eigenvalue weighted by Crippen LogP contribution is 1.87. The quantitative estimate of drug-likeness (QED) is 0.408. The van der Waals surface area contributed by atoms with Crippen LogP contribution in [0.3, 0.4) is 0 Å². The molecule has 10 heavy (non-hydrogen) atoms. The Morgan fingerprint density at radius 1 is 1.70 bits per heavy atom. The van der Waals surface area contributed by atoms with Crippen LogP contribution < -0.4 is 0 Å². The van der Waals surface area contributed by atoms with Crippen LogP contribution in [0.25, 0.3) is 0 Å². The van der Waals surface area contributed by atoms with E-state index in [0.29, 0.717) is 6.42 Å². The van der Waals surface area contributed by atoms with Crippen LogP contribution in [0, 0.1) is 0 Å². The minimum absolute atomic E-state index is 0.00686. The molecule has 0 amide bonds. The number of rotatable bonds is 4. The zero-order chi connectivity index (χ0) is 7.98. The van der Waals surface area contributed by atoms with Crippen molar-refractivity contribution in [3.8, 4) is 0 Å². The molecule has 0 spiro atoms. The summed E-state index contributed by atoms with van der Waals surface area (Å²) in [5, 5.41) is 16.8. The molecule has 0 aliphatic carbocycles. The van der Waals surface area contributed by atoms with Crippen LogP contribution in [-0.2, 0) is 9.53 Å². The van der Waals surface area contributed by atoms with E-state index in [-0.39, 0.29) is 13.2 Å².